The summed E-state index contributed by atoms with van der Waals surface area (Å²) in [5.74, 6) is 1.51. The molecule has 7 heteroatoms. The van der Waals surface area contributed by atoms with Gasteiger partial charge in [0, 0.05) is 49.1 Å². The number of para-hydroxylation sites is 5. The molecule has 7 nitrogen and oxygen atoms in total. The molecule has 0 amide bonds. The number of nitrogens with zero attached hydrogens (tertiary/aromatic N) is 4. The van der Waals surface area contributed by atoms with Gasteiger partial charge in [-0.15, -0.1) is 0 Å². The zero-order valence-corrected chi connectivity index (χ0v) is 27.5. The molecule has 244 valence electrons. The van der Waals surface area contributed by atoms with Gasteiger partial charge in [-0.25, -0.2) is 4.98 Å². The lowest BCUT2D eigenvalue weighted by Crippen LogP contribution is -2.15. The molecule has 0 bridgehead atoms. The van der Waals surface area contributed by atoms with Crippen molar-refractivity contribution >= 4 is 83.1 Å². The fourth-order valence-electron chi connectivity index (χ4n) is 7.30. The van der Waals surface area contributed by atoms with Crippen LogP contribution in [0.5, 0.6) is 0 Å². The topological polar surface area (TPSA) is 81.3 Å². The average Bonchev–Trinajstić information content (AvgIpc) is 3.89. The molecule has 0 aliphatic heterocycles. The highest BCUT2D eigenvalue weighted by Crippen LogP contribution is 2.42. The van der Waals surface area contributed by atoms with Crippen LogP contribution in [-0.4, -0.2) is 15.0 Å². The van der Waals surface area contributed by atoms with Crippen LogP contribution in [0.4, 0.5) is 17.3 Å². The molecular weight excluding hydrogens is 645 g/mol. The number of benzene rings is 7. The van der Waals surface area contributed by atoms with Crippen molar-refractivity contribution in [3.8, 4) is 22.8 Å². The van der Waals surface area contributed by atoms with E-state index in [0.717, 1.165) is 88.3 Å². The lowest BCUT2D eigenvalue weighted by atomic mass is 10.1. The molecule has 52 heavy (non-hydrogen) atoms. The molecule has 11 rings (SSSR count). The second kappa shape index (κ2) is 11.1. The van der Waals surface area contributed by atoms with Gasteiger partial charge < -0.3 is 13.3 Å². The minimum Gasteiger partial charge on any atom is -0.456 e. The third-order valence-corrected chi connectivity index (χ3v) is 9.73. The van der Waals surface area contributed by atoms with Crippen molar-refractivity contribution in [2.24, 2.45) is 0 Å². The minimum atomic E-state index is 0.452. The minimum absolute atomic E-state index is 0.452. The van der Waals surface area contributed by atoms with Crippen LogP contribution < -0.4 is 4.90 Å². The van der Waals surface area contributed by atoms with Crippen molar-refractivity contribution < 1.29 is 13.3 Å². The highest BCUT2D eigenvalue weighted by Gasteiger charge is 2.24. The molecule has 0 saturated heterocycles. The first-order valence-electron chi connectivity index (χ1n) is 17.1. The standard InChI is InChI=1S/C45H26N4O3/c1-2-11-29(12-3-1)49(36-17-10-16-33-30-13-4-9-20-39(30)52-42(33)36)45-47-43(27-21-23-40-34(25-27)31-14-5-7-18-37(31)50-40)46-44(48-45)28-22-24-41-35(26-28)32-15-6-8-19-38(32)51-41/h1-26H. The van der Waals surface area contributed by atoms with Crippen molar-refractivity contribution in [3.05, 3.63) is 158 Å². The summed E-state index contributed by atoms with van der Waals surface area (Å²) in [7, 11) is 0. The largest absolute Gasteiger partial charge is 0.456 e. The predicted molar refractivity (Wildman–Crippen MR) is 207 cm³/mol. The molecular formula is C45H26N4O3. The molecule has 0 unspecified atom stereocenters. The van der Waals surface area contributed by atoms with E-state index in [4.69, 9.17) is 28.2 Å². The zero-order valence-electron chi connectivity index (χ0n) is 27.5. The molecule has 0 fully saturated rings. The van der Waals surface area contributed by atoms with E-state index in [1.165, 1.54) is 0 Å². The summed E-state index contributed by atoms with van der Waals surface area (Å²) in [5, 5.41) is 6.12. The van der Waals surface area contributed by atoms with Crippen molar-refractivity contribution in [2.75, 3.05) is 4.90 Å². The summed E-state index contributed by atoms with van der Waals surface area (Å²) in [6, 6.07) is 52.8. The van der Waals surface area contributed by atoms with Crippen LogP contribution in [0.15, 0.2) is 171 Å². The third-order valence-electron chi connectivity index (χ3n) is 9.73. The number of aromatic nitrogens is 3. The number of fused-ring (bicyclic) bond motifs is 9. The van der Waals surface area contributed by atoms with Gasteiger partial charge in [-0.2, -0.15) is 9.97 Å². The van der Waals surface area contributed by atoms with Crippen LogP contribution in [0.2, 0.25) is 0 Å². The summed E-state index contributed by atoms with van der Waals surface area (Å²) in [5.41, 5.74) is 8.22. The Morgan fingerprint density at radius 1 is 0.365 bits per heavy atom. The maximum atomic E-state index is 6.56. The van der Waals surface area contributed by atoms with E-state index in [1.54, 1.807) is 0 Å². The summed E-state index contributed by atoms with van der Waals surface area (Å²) in [6.45, 7) is 0. The van der Waals surface area contributed by atoms with E-state index in [9.17, 15) is 0 Å². The van der Waals surface area contributed by atoms with Gasteiger partial charge in [-0.05, 0) is 72.8 Å². The Kier molecular flexibility index (Phi) is 6.12. The predicted octanol–water partition coefficient (Wildman–Crippen LogP) is 12.4. The maximum Gasteiger partial charge on any atom is 0.238 e. The molecule has 0 atom stereocenters. The van der Waals surface area contributed by atoms with Gasteiger partial charge in [-0.3, -0.25) is 4.90 Å². The van der Waals surface area contributed by atoms with E-state index in [-0.39, 0.29) is 0 Å². The molecule has 0 saturated carbocycles. The van der Waals surface area contributed by atoms with Crippen LogP contribution in [0.1, 0.15) is 0 Å². The average molecular weight is 671 g/mol. The smallest absolute Gasteiger partial charge is 0.238 e. The second-order valence-electron chi connectivity index (χ2n) is 12.8. The molecule has 0 spiro atoms. The number of hydrogen-bond donors (Lipinski definition) is 0. The molecule has 11 aromatic rings. The normalized spacial score (nSPS) is 11.8. The van der Waals surface area contributed by atoms with Gasteiger partial charge in [0.25, 0.3) is 0 Å². The molecule has 0 radical (unpaired) electrons. The van der Waals surface area contributed by atoms with Gasteiger partial charge in [0.15, 0.2) is 17.2 Å². The lowest BCUT2D eigenvalue weighted by molar-refractivity contribution is 0.668. The summed E-state index contributed by atoms with van der Waals surface area (Å²) < 4.78 is 18.9. The molecule has 7 aromatic carbocycles. The number of hydrogen-bond acceptors (Lipinski definition) is 7. The first-order valence-corrected chi connectivity index (χ1v) is 17.1. The van der Waals surface area contributed by atoms with Gasteiger partial charge in [0.2, 0.25) is 5.95 Å². The molecule has 4 aromatic heterocycles. The molecule has 0 aliphatic carbocycles. The van der Waals surface area contributed by atoms with Crippen molar-refractivity contribution in [1.29, 1.82) is 0 Å². The summed E-state index contributed by atoms with van der Waals surface area (Å²) in [6.07, 6.45) is 0. The Labute approximate surface area is 296 Å². The first-order chi connectivity index (χ1) is 25.7. The van der Waals surface area contributed by atoms with E-state index in [2.05, 4.69) is 59.5 Å². The quantitative estimate of drug-likeness (QED) is 0.180. The van der Waals surface area contributed by atoms with Crippen molar-refractivity contribution in [2.45, 2.75) is 0 Å². The number of furan rings is 3. The van der Waals surface area contributed by atoms with Gasteiger partial charge in [0.1, 0.15) is 27.9 Å². The summed E-state index contributed by atoms with van der Waals surface area (Å²) >= 11 is 0. The van der Waals surface area contributed by atoms with Crippen LogP contribution in [0.3, 0.4) is 0 Å². The Morgan fingerprint density at radius 2 is 0.846 bits per heavy atom. The Morgan fingerprint density at radius 3 is 1.44 bits per heavy atom. The van der Waals surface area contributed by atoms with E-state index >= 15 is 0 Å². The van der Waals surface area contributed by atoms with Gasteiger partial charge >= 0.3 is 0 Å². The molecule has 0 N–H and O–H groups in total. The van der Waals surface area contributed by atoms with Gasteiger partial charge in [0.05, 0.1) is 5.69 Å². The van der Waals surface area contributed by atoms with Crippen LogP contribution in [0, 0.1) is 0 Å². The summed E-state index contributed by atoms with van der Waals surface area (Å²) in [4.78, 5) is 17.7. The second-order valence-corrected chi connectivity index (χ2v) is 12.8. The SMILES string of the molecule is c1ccc(N(c2nc(-c3ccc4oc5ccccc5c4c3)nc(-c3ccc4oc5ccccc5c4c3)n2)c2cccc3c2oc2ccccc23)cc1. The fraction of sp³-hybridized carbons (Fsp3) is 0. The van der Waals surface area contributed by atoms with Crippen molar-refractivity contribution in [3.63, 3.8) is 0 Å². The maximum absolute atomic E-state index is 6.56. The Balaban J connectivity index is 1.19. The first kappa shape index (κ1) is 28.6. The highest BCUT2D eigenvalue weighted by molar-refractivity contribution is 6.10. The Bertz CT molecular complexity index is 3030. The fourth-order valence-corrected chi connectivity index (χ4v) is 7.30. The zero-order chi connectivity index (χ0) is 34.2. The van der Waals surface area contributed by atoms with Gasteiger partial charge in [-0.1, -0.05) is 84.9 Å². The molecule has 0 aliphatic rings. The number of rotatable bonds is 5. The van der Waals surface area contributed by atoms with Crippen LogP contribution >= 0.6 is 0 Å². The van der Waals surface area contributed by atoms with E-state index < -0.39 is 0 Å². The van der Waals surface area contributed by atoms with Crippen LogP contribution in [-0.2, 0) is 0 Å². The van der Waals surface area contributed by atoms with Crippen LogP contribution in [0.25, 0.3) is 88.6 Å². The monoisotopic (exact) mass is 670 g/mol. The van der Waals surface area contributed by atoms with Crippen molar-refractivity contribution in [1.82, 2.24) is 15.0 Å². The lowest BCUT2D eigenvalue weighted by Gasteiger charge is -2.24. The Hall–Kier alpha value is -7.25. The van der Waals surface area contributed by atoms with E-state index in [0.29, 0.717) is 17.6 Å². The van der Waals surface area contributed by atoms with E-state index in [1.807, 2.05) is 103 Å². The third kappa shape index (κ3) is 4.43. The number of anilines is 3. The molecule has 4 heterocycles. The highest BCUT2D eigenvalue weighted by atomic mass is 16.3.